The number of ketones is 2. The van der Waals surface area contributed by atoms with Crippen LogP contribution in [0, 0.1) is 23.5 Å². The molecule has 4 aromatic rings. The van der Waals surface area contributed by atoms with Crippen molar-refractivity contribution < 1.29 is 61.3 Å². The molecule has 2 aliphatic rings. The van der Waals surface area contributed by atoms with Gasteiger partial charge < -0.3 is 40.0 Å². The van der Waals surface area contributed by atoms with Crippen LogP contribution in [0.25, 0.3) is 16.5 Å². The molecule has 3 heterocycles. The topological polar surface area (TPSA) is 230 Å². The molecule has 2 aromatic carbocycles. The molecule has 0 saturated heterocycles. The fourth-order valence-electron chi connectivity index (χ4n) is 7.44. The Labute approximate surface area is 365 Å². The Balaban J connectivity index is 1.17. The Bertz CT molecular complexity index is 2520. The first-order valence-corrected chi connectivity index (χ1v) is 20.3. The van der Waals surface area contributed by atoms with Crippen LogP contribution in [0.2, 0.25) is 0 Å². The van der Waals surface area contributed by atoms with Gasteiger partial charge in [0.15, 0.2) is 29.0 Å². The van der Waals surface area contributed by atoms with E-state index in [1.807, 2.05) is 12.1 Å². The number of nitrogens with one attached hydrogen (secondary N) is 4. The summed E-state index contributed by atoms with van der Waals surface area (Å²) in [5.74, 6) is -10.9. The molecule has 2 aromatic heterocycles. The van der Waals surface area contributed by atoms with Crippen LogP contribution in [0.3, 0.4) is 0 Å². The number of amides is 4. The molecule has 4 N–H and O–H groups in total. The maximum Gasteiger partial charge on any atom is 0.308 e. The second-order valence-corrected chi connectivity index (χ2v) is 15.6. The second kappa shape index (κ2) is 20.3. The number of halogens is 2. The van der Waals surface area contributed by atoms with Crippen molar-refractivity contribution in [3.05, 3.63) is 102 Å². The highest BCUT2D eigenvalue weighted by atomic mass is 19.1. The van der Waals surface area contributed by atoms with Crippen molar-refractivity contribution in [2.75, 3.05) is 20.8 Å². The number of benzene rings is 2. The van der Waals surface area contributed by atoms with E-state index >= 15 is 0 Å². The molecule has 0 fully saturated rings. The molecule has 4 amide bonds. The Morgan fingerprint density at radius 1 is 0.828 bits per heavy atom. The van der Waals surface area contributed by atoms with Gasteiger partial charge in [0.1, 0.15) is 30.4 Å². The second-order valence-electron chi connectivity index (χ2n) is 15.6. The predicted octanol–water partition coefficient (Wildman–Crippen LogP) is 2.53. The molecule has 17 nitrogen and oxygen atoms in total. The van der Waals surface area contributed by atoms with Gasteiger partial charge in [-0.3, -0.25) is 38.4 Å². The van der Waals surface area contributed by atoms with Gasteiger partial charge in [0, 0.05) is 23.7 Å². The van der Waals surface area contributed by atoms with Crippen molar-refractivity contribution in [1.29, 1.82) is 0 Å². The quantitative estimate of drug-likeness (QED) is 0.112. The summed E-state index contributed by atoms with van der Waals surface area (Å²) in [5.41, 5.74) is 1.79. The number of rotatable bonds is 17. The zero-order chi connectivity index (χ0) is 46.2. The number of esters is 2. The number of Topliss-reactive ketones (excluding diaryl/α,β-unsaturated/α-hetero) is 2. The molecule has 1 aliphatic heterocycles. The smallest absolute Gasteiger partial charge is 0.308 e. The average Bonchev–Trinajstić information content (AvgIpc) is 3.64. The monoisotopic (exact) mass is 884 g/mol. The van der Waals surface area contributed by atoms with Crippen molar-refractivity contribution in [2.45, 2.75) is 70.2 Å². The van der Waals surface area contributed by atoms with E-state index in [2.05, 4.69) is 31.0 Å². The van der Waals surface area contributed by atoms with Gasteiger partial charge in [-0.25, -0.2) is 13.8 Å². The summed E-state index contributed by atoms with van der Waals surface area (Å²) >= 11 is 0. The molecule has 1 aliphatic carbocycles. The molecule has 0 bridgehead atoms. The Morgan fingerprint density at radius 3 is 2.20 bits per heavy atom. The lowest BCUT2D eigenvalue weighted by molar-refractivity contribution is -0.144. The molecule has 6 rings (SSSR count). The average molecular weight is 885 g/mol. The molecule has 19 heteroatoms. The SMILES string of the molecule is COC(=O)CC(NC(=O)[C@@H]1C=C2C(=O)[C@@H](NC(=O)[C@H](CC(=O)OC)NC(=O)[C@@H](NC(=O)c3ccc4ccccc4n3)C(C)C)CCn3ccc(c32)C1)C(=O)COc1c(F)cccc1F. The number of hydrogen-bond acceptors (Lipinski definition) is 12. The summed E-state index contributed by atoms with van der Waals surface area (Å²) < 4.78 is 44.7. The molecule has 5 atom stereocenters. The van der Waals surface area contributed by atoms with E-state index in [4.69, 9.17) is 9.47 Å². The Morgan fingerprint density at radius 2 is 1.52 bits per heavy atom. The van der Waals surface area contributed by atoms with E-state index in [1.165, 1.54) is 12.1 Å². The number of para-hydroxylation sites is 2. The van der Waals surface area contributed by atoms with Gasteiger partial charge in [0.05, 0.1) is 50.2 Å². The number of pyridine rings is 1. The molecule has 0 spiro atoms. The van der Waals surface area contributed by atoms with E-state index in [1.54, 1.807) is 48.9 Å². The van der Waals surface area contributed by atoms with Gasteiger partial charge >= 0.3 is 11.9 Å². The summed E-state index contributed by atoms with van der Waals surface area (Å²) in [6, 6.07) is 9.60. The van der Waals surface area contributed by atoms with Crippen LogP contribution >= 0.6 is 0 Å². The molecule has 1 unspecified atom stereocenters. The van der Waals surface area contributed by atoms with Crippen molar-refractivity contribution in [1.82, 2.24) is 30.8 Å². The van der Waals surface area contributed by atoms with Crippen molar-refractivity contribution in [3.8, 4) is 5.75 Å². The first-order chi connectivity index (χ1) is 30.6. The minimum Gasteiger partial charge on any atom is -0.480 e. The zero-order valence-electron chi connectivity index (χ0n) is 35.3. The summed E-state index contributed by atoms with van der Waals surface area (Å²) in [7, 11) is 2.17. The number of ether oxygens (including phenoxy) is 3. The molecular weight excluding hydrogens is 839 g/mol. The van der Waals surface area contributed by atoms with Crippen molar-refractivity contribution in [3.63, 3.8) is 0 Å². The predicted molar refractivity (Wildman–Crippen MR) is 223 cm³/mol. The highest BCUT2D eigenvalue weighted by molar-refractivity contribution is 6.25. The third-order valence-corrected chi connectivity index (χ3v) is 10.9. The zero-order valence-corrected chi connectivity index (χ0v) is 35.3. The number of carbonyl (C=O) groups is 8. The Hall–Kier alpha value is -7.31. The number of aromatic nitrogens is 2. The van der Waals surface area contributed by atoms with Gasteiger partial charge in [-0.15, -0.1) is 0 Å². The van der Waals surface area contributed by atoms with E-state index in [0.717, 1.165) is 37.8 Å². The number of methoxy groups -OCH3 is 2. The summed E-state index contributed by atoms with van der Waals surface area (Å²) in [6.45, 7) is 2.69. The van der Waals surface area contributed by atoms with Gasteiger partial charge in [-0.2, -0.15) is 0 Å². The minimum absolute atomic E-state index is 0.0526. The van der Waals surface area contributed by atoms with E-state index in [0.29, 0.717) is 16.8 Å². The van der Waals surface area contributed by atoms with Gasteiger partial charge in [-0.05, 0) is 54.7 Å². The molecule has 336 valence electrons. The Kier molecular flexibility index (Phi) is 14.6. The van der Waals surface area contributed by atoms with Gasteiger partial charge in [-0.1, -0.05) is 50.3 Å². The van der Waals surface area contributed by atoms with Crippen LogP contribution in [0.1, 0.15) is 54.9 Å². The van der Waals surface area contributed by atoms with E-state index < -0.39 is 120 Å². The normalized spacial score (nSPS) is 16.8. The highest BCUT2D eigenvalue weighted by Gasteiger charge is 2.39. The fraction of sp³-hybridized carbons (Fsp3) is 0.356. The largest absolute Gasteiger partial charge is 0.480 e. The lowest BCUT2D eigenvalue weighted by Gasteiger charge is -2.26. The summed E-state index contributed by atoms with van der Waals surface area (Å²) in [6.07, 6.45) is 1.99. The maximum absolute atomic E-state index is 14.3. The maximum atomic E-state index is 14.3. The van der Waals surface area contributed by atoms with Crippen LogP contribution < -0.4 is 26.0 Å². The number of aryl methyl sites for hydroxylation is 1. The molecule has 0 saturated carbocycles. The third kappa shape index (κ3) is 10.6. The summed E-state index contributed by atoms with van der Waals surface area (Å²) in [5, 5.41) is 11.2. The highest BCUT2D eigenvalue weighted by Crippen LogP contribution is 2.35. The number of fused-ring (bicyclic) bond motifs is 1. The third-order valence-electron chi connectivity index (χ3n) is 10.9. The van der Waals surface area contributed by atoms with Crippen LogP contribution in [0.4, 0.5) is 8.78 Å². The first-order valence-electron chi connectivity index (χ1n) is 20.3. The minimum atomic E-state index is -1.55. The molecular formula is C45H46F2N6O11. The lowest BCUT2D eigenvalue weighted by atomic mass is 9.85. The van der Waals surface area contributed by atoms with E-state index in [-0.39, 0.29) is 30.7 Å². The van der Waals surface area contributed by atoms with Crippen LogP contribution in [-0.4, -0.2) is 102 Å². The number of carbonyl (C=O) groups excluding carboxylic acids is 8. The fourth-order valence-corrected chi connectivity index (χ4v) is 7.44. The first kappa shape index (κ1) is 46.2. The standard InChI is InChI=1S/C45H46F2N6O11/c1-23(2)38(52-43(59)32-13-12-24-8-5-6-11-30(24)48-32)45(61)51-34(21-37(56)63-4)44(60)49-31-15-17-53-16-14-25-18-26(19-27(39(25)53)40(31)57)42(58)50-33(20-36(55)62-3)35(54)22-64-41-28(46)9-7-10-29(41)47/h5-14,16,19,23,26,31,33-34,38H,15,17-18,20-22H2,1-4H3,(H,49,60)(H,50,58)(H,51,61)(H,52,59)/t26-,31-,33?,34-,38-/m0/s1. The van der Waals surface area contributed by atoms with Crippen LogP contribution in [0.15, 0.2) is 72.9 Å². The van der Waals surface area contributed by atoms with Crippen LogP contribution in [-0.2, 0) is 56.0 Å². The number of nitrogens with zero attached hydrogens (tertiary/aromatic N) is 2. The van der Waals surface area contributed by atoms with Gasteiger partial charge in [0.2, 0.25) is 17.7 Å². The molecule has 64 heavy (non-hydrogen) atoms. The van der Waals surface area contributed by atoms with E-state index in [9.17, 15) is 47.1 Å². The molecule has 0 radical (unpaired) electrons. The summed E-state index contributed by atoms with van der Waals surface area (Å²) in [4.78, 5) is 112. The van der Waals surface area contributed by atoms with Gasteiger partial charge in [0.25, 0.3) is 5.91 Å². The van der Waals surface area contributed by atoms with Crippen molar-refractivity contribution >= 4 is 63.6 Å². The lowest BCUT2D eigenvalue weighted by Crippen LogP contribution is -2.57. The van der Waals surface area contributed by atoms with Crippen molar-refractivity contribution in [2.24, 2.45) is 11.8 Å². The number of hydrogen-bond donors (Lipinski definition) is 4. The van der Waals surface area contributed by atoms with Crippen LogP contribution in [0.5, 0.6) is 5.75 Å².